The van der Waals surface area contributed by atoms with E-state index in [4.69, 9.17) is 74.6 Å². The van der Waals surface area contributed by atoms with Gasteiger partial charge in [0, 0.05) is 146 Å². The molecule has 5 aliphatic rings. The van der Waals surface area contributed by atoms with Crippen LogP contribution in [0.1, 0.15) is 154 Å². The number of hydrogen-bond donors (Lipinski definition) is 8. The average molecular weight is 1800 g/mol. The molecule has 12 rings (SSSR count). The Bertz CT molecular complexity index is 5070. The van der Waals surface area contributed by atoms with E-state index in [1.807, 2.05) is 67.5 Å². The molecular formula is C91H126N20O19. The standard InChI is InChI=1S/C91H126N20O19/c1-55-16-10-9-11-17-56(2)73(122-7)47-65-22-19-60(6)91(121,130-65)82(117)86(119)109-28-14-12-18-70(109)87(120)128-74(48-71(112)57(3)43-59(5)80(115)81(116)79(114)58(4)42-55)66(92)44-61-20-23-69(75(45-61)123-8)111-53-68(104-106-111)63-49-97-89(98-50-63)107-30-32-108(33-31-107)90-99-51-64(52-100-90)85(118)96-27-35-125-37-39-127-41-40-126-38-36-124-34-25-76(113)95-26-13-15-29-110-84-77(83(93)101-54-102-84)78(105-110)62-21-24-72-67(46-62)103-88(94)129-72/h9-11,16-17,21,24,43,46,49-55,57-58,60-61,65-66,69-70,73-75,80-81,115-116,121H,12-15,18-20,22-23,25-42,44-45,47-48,92H2,1-8H3,(H2,94,103)(H,95,113)(H,96,118)(H2,93,101,102)/b11-9+,16-10+,56-17+,59-43+/t55-,57-,58-,60-,61+,65+,66-,69+,70+,73+,74+,75-,80-,81+,91-/m1/s1. The number of amides is 3. The number of nitrogens with two attached hydrogens (primary N) is 3. The Kier molecular flexibility index (Phi) is 35.7. The number of benzene rings is 1. The zero-order valence-corrected chi connectivity index (χ0v) is 75.5. The number of aryl methyl sites for hydroxylation is 1. The van der Waals surface area contributed by atoms with Crippen molar-refractivity contribution in [3.05, 3.63) is 109 Å². The van der Waals surface area contributed by atoms with Crippen molar-refractivity contribution in [3.8, 4) is 22.5 Å². The van der Waals surface area contributed by atoms with Gasteiger partial charge in [0.25, 0.3) is 23.6 Å². The number of esters is 1. The van der Waals surface area contributed by atoms with Crippen LogP contribution in [-0.4, -0.2) is 288 Å². The Balaban J connectivity index is 0.543. The lowest BCUT2D eigenvalue weighted by Gasteiger charge is -2.42. The van der Waals surface area contributed by atoms with Crippen molar-refractivity contribution in [2.24, 2.45) is 35.3 Å². The highest BCUT2D eigenvalue weighted by molar-refractivity contribution is 6.39. The summed E-state index contributed by atoms with van der Waals surface area (Å²) in [7, 11) is 3.17. The number of piperidine rings is 1. The Labute approximate surface area is 755 Å². The van der Waals surface area contributed by atoms with Crippen LogP contribution < -0.4 is 37.6 Å². The molecule has 6 aromatic heterocycles. The van der Waals surface area contributed by atoms with Gasteiger partial charge in [-0.1, -0.05) is 69.4 Å². The van der Waals surface area contributed by atoms with E-state index in [0.717, 1.165) is 22.5 Å². The van der Waals surface area contributed by atoms with Crippen LogP contribution in [0.5, 0.6) is 0 Å². The maximum atomic E-state index is 14.8. The van der Waals surface area contributed by atoms with E-state index in [0.29, 0.717) is 199 Å². The molecule has 704 valence electrons. The van der Waals surface area contributed by atoms with Crippen molar-refractivity contribution in [1.82, 2.24) is 75.2 Å². The zero-order chi connectivity index (χ0) is 92.5. The van der Waals surface area contributed by atoms with E-state index < -0.39 is 95.4 Å². The zero-order valence-electron chi connectivity index (χ0n) is 75.5. The number of nitrogens with one attached hydrogen (secondary N) is 2. The van der Waals surface area contributed by atoms with E-state index in [-0.39, 0.29) is 106 Å². The van der Waals surface area contributed by atoms with Gasteiger partial charge in [-0.15, -0.1) is 5.10 Å². The number of oxazole rings is 1. The lowest BCUT2D eigenvalue weighted by atomic mass is 9.79. The summed E-state index contributed by atoms with van der Waals surface area (Å²) in [6.45, 7) is 16.5. The van der Waals surface area contributed by atoms with E-state index in [1.165, 1.54) is 31.7 Å². The number of Topliss-reactive ketones (excluding diaryl/α,β-unsaturated/α-hetero) is 3. The highest BCUT2D eigenvalue weighted by atomic mass is 16.6. The first-order valence-electron chi connectivity index (χ1n) is 45.1. The molecule has 0 spiro atoms. The van der Waals surface area contributed by atoms with E-state index in [1.54, 1.807) is 62.8 Å². The number of rotatable bonds is 31. The number of aliphatic hydroxyl groups is 3. The van der Waals surface area contributed by atoms with Gasteiger partial charge in [0.05, 0.1) is 94.4 Å². The molecule has 1 saturated carbocycles. The number of carbonyl (C=O) groups is 7. The number of cyclic esters (lactones) is 1. The van der Waals surface area contributed by atoms with E-state index >= 15 is 0 Å². The second-order valence-corrected chi connectivity index (χ2v) is 34.4. The molecule has 39 heteroatoms. The van der Waals surface area contributed by atoms with Crippen LogP contribution in [0.4, 0.5) is 23.7 Å². The number of nitrogens with zero attached hydrogens (tertiary/aromatic N) is 15. The third-order valence-corrected chi connectivity index (χ3v) is 25.0. The fourth-order valence-corrected chi connectivity index (χ4v) is 17.3. The number of methoxy groups -OCH3 is 2. The molecule has 11 N–H and O–H groups in total. The Hall–Kier alpha value is -10.9. The second kappa shape index (κ2) is 47.3. The molecule has 0 unspecified atom stereocenters. The van der Waals surface area contributed by atoms with Crippen molar-refractivity contribution in [2.45, 2.75) is 205 Å². The van der Waals surface area contributed by atoms with Gasteiger partial charge in [-0.05, 0) is 132 Å². The van der Waals surface area contributed by atoms with Gasteiger partial charge in [0.15, 0.2) is 17.0 Å². The minimum absolute atomic E-state index is 0.00638. The minimum Gasteiger partial charge on any atom is -0.459 e. The topological polar surface area (TPSA) is 518 Å². The first-order valence-corrected chi connectivity index (χ1v) is 45.1. The number of aliphatic hydroxyl groups excluding tert-OH is 2. The van der Waals surface area contributed by atoms with Crippen molar-refractivity contribution in [1.29, 1.82) is 0 Å². The van der Waals surface area contributed by atoms with Gasteiger partial charge < -0.3 is 100 Å². The fourth-order valence-electron chi connectivity index (χ4n) is 17.3. The minimum atomic E-state index is -2.51. The SMILES string of the molecule is CO[C@H]1C[C@@H]2CC[C@@H](C)[C@@](O)(O2)C(=O)C(=O)N2CCCC[C@H]2C(=O)O[C@H]([C@H](N)C[C@@H]2CC[C@H](n3cc(-c4cnc(N5CCN(c6ncc(C(=O)NCCOCCOCCOCCOCCC(=O)NCCCCn7nc(-c8ccc9oc(N)nc9c8)c8c(N)ncnc87)cn6)CC5)nc4)nn3)[C@H](OC)C2)CC(=O)[C@H](C)/C=C(\C)[C@@H](O)[C@@H](O)C(=O)[C@H](C)C[C@H](C)/C=C/C=C/C=C/1C. The van der Waals surface area contributed by atoms with Crippen LogP contribution in [0.25, 0.3) is 44.6 Å². The molecular weight excluding hydrogens is 1680 g/mol. The number of carbonyl (C=O) groups excluding carboxylic acids is 7. The molecule has 130 heavy (non-hydrogen) atoms. The van der Waals surface area contributed by atoms with Crippen LogP contribution in [0.2, 0.25) is 0 Å². The molecule has 7 aromatic rings. The molecule has 4 aliphatic heterocycles. The molecule has 1 aliphatic carbocycles. The number of ketones is 3. The number of aromatic nitrogens is 12. The average Bonchev–Trinajstić information content (AvgIpc) is 1.12. The van der Waals surface area contributed by atoms with Gasteiger partial charge >= 0.3 is 5.97 Å². The monoisotopic (exact) mass is 1800 g/mol. The van der Waals surface area contributed by atoms with Crippen molar-refractivity contribution in [3.63, 3.8) is 0 Å². The van der Waals surface area contributed by atoms with Crippen LogP contribution in [0.3, 0.4) is 0 Å². The predicted octanol–water partition coefficient (Wildman–Crippen LogP) is 6.16. The summed E-state index contributed by atoms with van der Waals surface area (Å²) in [4.78, 5) is 134. The molecule has 2 bridgehead atoms. The molecule has 39 nitrogen and oxygen atoms in total. The van der Waals surface area contributed by atoms with Crippen LogP contribution in [-0.2, 0) is 73.2 Å². The largest absolute Gasteiger partial charge is 0.459 e. The fraction of sp³-hybridized carbons (Fsp3) is 0.593. The maximum absolute atomic E-state index is 14.8. The second-order valence-electron chi connectivity index (χ2n) is 34.4. The molecule has 0 radical (unpaired) electrons. The number of fused-ring (bicyclic) bond motifs is 5. The number of hydrogen-bond acceptors (Lipinski definition) is 34. The van der Waals surface area contributed by atoms with Gasteiger partial charge in [-0.2, -0.15) is 10.1 Å². The number of anilines is 4. The van der Waals surface area contributed by atoms with Gasteiger partial charge in [-0.25, -0.2) is 44.1 Å². The van der Waals surface area contributed by atoms with Crippen molar-refractivity contribution >= 4 is 86.9 Å². The maximum Gasteiger partial charge on any atom is 0.329 e. The van der Waals surface area contributed by atoms with Crippen LogP contribution >= 0.6 is 0 Å². The molecule has 3 amide bonds. The molecule has 4 fully saturated rings. The van der Waals surface area contributed by atoms with Gasteiger partial charge in [0.1, 0.15) is 59.2 Å². The van der Waals surface area contributed by atoms with E-state index in [2.05, 4.69) is 50.8 Å². The van der Waals surface area contributed by atoms with Gasteiger partial charge in [-0.3, -0.25) is 28.8 Å². The molecule has 15 atom stereocenters. The lowest BCUT2D eigenvalue weighted by Crippen LogP contribution is -2.61. The summed E-state index contributed by atoms with van der Waals surface area (Å²) < 4.78 is 56.0. The smallest absolute Gasteiger partial charge is 0.329 e. The number of unbranched alkanes of at least 4 members (excludes halogenated alkanes) is 1. The highest BCUT2D eigenvalue weighted by Crippen LogP contribution is 2.40. The Morgan fingerprint density at radius 3 is 2.13 bits per heavy atom. The molecule has 1 aromatic carbocycles. The number of nitrogen functional groups attached to an aromatic ring is 2. The lowest BCUT2D eigenvalue weighted by molar-refractivity contribution is -0.265. The van der Waals surface area contributed by atoms with Gasteiger partial charge in [0.2, 0.25) is 23.6 Å². The summed E-state index contributed by atoms with van der Waals surface area (Å²) in [5.74, 6) is -8.26. The third kappa shape index (κ3) is 25.9. The quantitative estimate of drug-likeness (QED) is 0.0104. The van der Waals surface area contributed by atoms with Crippen molar-refractivity contribution in [2.75, 3.05) is 134 Å². The van der Waals surface area contributed by atoms with E-state index in [9.17, 15) is 48.9 Å². The van der Waals surface area contributed by atoms with Crippen molar-refractivity contribution < 1.29 is 91.2 Å². The summed E-state index contributed by atoms with van der Waals surface area (Å²) >= 11 is 0. The Morgan fingerprint density at radius 1 is 0.723 bits per heavy atom. The highest BCUT2D eigenvalue weighted by Gasteiger charge is 2.53. The summed E-state index contributed by atoms with van der Waals surface area (Å²) in [5.41, 5.74) is 24.9. The summed E-state index contributed by atoms with van der Waals surface area (Å²) in [6, 6.07) is 3.10. The first kappa shape index (κ1) is 98.2. The third-order valence-electron chi connectivity index (χ3n) is 25.0. The van der Waals surface area contributed by atoms with Crippen LogP contribution in [0, 0.1) is 29.6 Å². The predicted molar refractivity (Wildman–Crippen MR) is 479 cm³/mol. The molecule has 3 saturated heterocycles. The Morgan fingerprint density at radius 2 is 1.42 bits per heavy atom. The number of piperazine rings is 1. The summed E-state index contributed by atoms with van der Waals surface area (Å²) in [6.07, 6.45) is 20.2. The van der Waals surface area contributed by atoms with Crippen LogP contribution in [0.15, 0.2) is 108 Å². The summed E-state index contributed by atoms with van der Waals surface area (Å²) in [5, 5.41) is 55.1. The number of allylic oxidation sites excluding steroid dienone is 6. The normalized spacial score (nSPS) is 26.8. The number of ether oxygens (including phenoxy) is 8. The first-order chi connectivity index (χ1) is 62.7. The molecule has 10 heterocycles.